The second-order valence-electron chi connectivity index (χ2n) is 5.33. The van der Waals surface area contributed by atoms with Crippen molar-refractivity contribution in [3.8, 4) is 0 Å². The maximum absolute atomic E-state index is 12.3. The number of benzene rings is 1. The number of carbonyl (C=O) groups excluding carboxylic acids is 1. The first-order chi connectivity index (χ1) is 8.92. The van der Waals surface area contributed by atoms with Gasteiger partial charge in [-0.1, -0.05) is 19.8 Å². The maximum Gasteiger partial charge on any atom is 0.337 e. The van der Waals surface area contributed by atoms with E-state index in [1.807, 2.05) is 6.92 Å². The third kappa shape index (κ3) is 2.70. The van der Waals surface area contributed by atoms with Gasteiger partial charge in [-0.25, -0.2) is 4.79 Å². The molecule has 1 aromatic rings. The van der Waals surface area contributed by atoms with E-state index in [1.54, 1.807) is 0 Å². The molecule has 0 spiro atoms. The third-order valence-electron chi connectivity index (χ3n) is 3.78. The average molecular weight is 262 g/mol. The second kappa shape index (κ2) is 4.91. The summed E-state index contributed by atoms with van der Waals surface area (Å²) in [7, 11) is 0. The number of nitrogens with one attached hydrogen (secondary N) is 1. The van der Waals surface area contributed by atoms with Crippen LogP contribution < -0.4 is 11.1 Å². The van der Waals surface area contributed by atoms with E-state index in [9.17, 15) is 9.59 Å². The SMILES string of the molecule is CC1(C(=O)Nc2cc(N)ccc2C(=O)O)CCCC1. The number of aromatic carboxylic acids is 1. The summed E-state index contributed by atoms with van der Waals surface area (Å²) in [5, 5.41) is 11.8. The van der Waals surface area contributed by atoms with Gasteiger partial charge in [0, 0.05) is 11.1 Å². The van der Waals surface area contributed by atoms with Crippen LogP contribution in [0.15, 0.2) is 18.2 Å². The standard InChI is InChI=1S/C14H18N2O3/c1-14(6-2-3-7-14)13(19)16-11-8-9(15)4-5-10(11)12(17)18/h4-5,8H,2-3,6-7,15H2,1H3,(H,16,19)(H,17,18). The lowest BCUT2D eigenvalue weighted by molar-refractivity contribution is -0.124. The summed E-state index contributed by atoms with van der Waals surface area (Å²) in [6.07, 6.45) is 3.74. The molecule has 0 atom stereocenters. The molecule has 1 aliphatic rings. The fourth-order valence-electron chi connectivity index (χ4n) is 2.51. The van der Waals surface area contributed by atoms with Gasteiger partial charge in [0.05, 0.1) is 11.3 Å². The minimum atomic E-state index is -1.08. The first kappa shape index (κ1) is 13.4. The van der Waals surface area contributed by atoms with Gasteiger partial charge in [0.15, 0.2) is 0 Å². The molecule has 1 aliphatic carbocycles. The normalized spacial score (nSPS) is 17.1. The third-order valence-corrected chi connectivity index (χ3v) is 3.78. The number of amides is 1. The molecule has 0 saturated heterocycles. The van der Waals surface area contributed by atoms with Crippen LogP contribution in [0.2, 0.25) is 0 Å². The van der Waals surface area contributed by atoms with Gasteiger partial charge in [-0.15, -0.1) is 0 Å². The summed E-state index contributed by atoms with van der Waals surface area (Å²) in [4.78, 5) is 23.4. The Bertz CT molecular complexity index is 519. The molecule has 102 valence electrons. The number of anilines is 2. The molecule has 0 aromatic heterocycles. The molecule has 1 saturated carbocycles. The Morgan fingerprint density at radius 3 is 2.53 bits per heavy atom. The second-order valence-corrected chi connectivity index (χ2v) is 5.33. The summed E-state index contributed by atoms with van der Waals surface area (Å²) in [6.45, 7) is 1.92. The molecular formula is C14H18N2O3. The molecule has 4 N–H and O–H groups in total. The van der Waals surface area contributed by atoms with E-state index in [1.165, 1.54) is 18.2 Å². The van der Waals surface area contributed by atoms with Gasteiger partial charge in [0.25, 0.3) is 0 Å². The minimum absolute atomic E-state index is 0.0594. The monoisotopic (exact) mass is 262 g/mol. The van der Waals surface area contributed by atoms with Crippen molar-refractivity contribution in [2.75, 3.05) is 11.1 Å². The van der Waals surface area contributed by atoms with Crippen molar-refractivity contribution < 1.29 is 14.7 Å². The predicted molar refractivity (Wildman–Crippen MR) is 73.0 cm³/mol. The number of hydrogen-bond acceptors (Lipinski definition) is 3. The fourth-order valence-corrected chi connectivity index (χ4v) is 2.51. The van der Waals surface area contributed by atoms with Crippen LogP contribution in [0.3, 0.4) is 0 Å². The van der Waals surface area contributed by atoms with Crippen molar-refractivity contribution in [2.45, 2.75) is 32.6 Å². The van der Waals surface area contributed by atoms with Gasteiger partial charge in [0.1, 0.15) is 0 Å². The zero-order valence-electron chi connectivity index (χ0n) is 10.9. The number of carbonyl (C=O) groups is 2. The van der Waals surface area contributed by atoms with Crippen LogP contribution in [0.5, 0.6) is 0 Å². The Hall–Kier alpha value is -2.04. The van der Waals surface area contributed by atoms with Crippen molar-refractivity contribution in [1.82, 2.24) is 0 Å². The van der Waals surface area contributed by atoms with E-state index in [-0.39, 0.29) is 17.2 Å². The Balaban J connectivity index is 2.25. The highest BCUT2D eigenvalue weighted by atomic mass is 16.4. The number of carboxylic acids is 1. The fraction of sp³-hybridized carbons (Fsp3) is 0.429. The highest BCUT2D eigenvalue weighted by Gasteiger charge is 2.36. The van der Waals surface area contributed by atoms with E-state index in [2.05, 4.69) is 5.32 Å². The smallest absolute Gasteiger partial charge is 0.337 e. The van der Waals surface area contributed by atoms with Crippen LogP contribution in [-0.2, 0) is 4.79 Å². The van der Waals surface area contributed by atoms with E-state index in [0.29, 0.717) is 5.69 Å². The Morgan fingerprint density at radius 2 is 1.95 bits per heavy atom. The quantitative estimate of drug-likeness (QED) is 0.730. The van der Waals surface area contributed by atoms with Crippen molar-refractivity contribution in [1.29, 1.82) is 0 Å². The largest absolute Gasteiger partial charge is 0.478 e. The molecule has 19 heavy (non-hydrogen) atoms. The van der Waals surface area contributed by atoms with Crippen molar-refractivity contribution in [2.24, 2.45) is 5.41 Å². The lowest BCUT2D eigenvalue weighted by atomic mass is 9.87. The first-order valence-corrected chi connectivity index (χ1v) is 6.37. The highest BCUT2D eigenvalue weighted by molar-refractivity contribution is 6.02. The Morgan fingerprint density at radius 1 is 1.32 bits per heavy atom. The lowest BCUT2D eigenvalue weighted by Gasteiger charge is -2.22. The highest BCUT2D eigenvalue weighted by Crippen LogP contribution is 2.38. The number of rotatable bonds is 3. The lowest BCUT2D eigenvalue weighted by Crippen LogP contribution is -2.31. The first-order valence-electron chi connectivity index (χ1n) is 6.37. The molecule has 0 bridgehead atoms. The van der Waals surface area contributed by atoms with Gasteiger partial charge in [-0.2, -0.15) is 0 Å². The van der Waals surface area contributed by atoms with Gasteiger partial charge in [-0.05, 0) is 31.0 Å². The zero-order valence-corrected chi connectivity index (χ0v) is 10.9. The topological polar surface area (TPSA) is 92.4 Å². The molecule has 1 fully saturated rings. The van der Waals surface area contributed by atoms with Crippen LogP contribution >= 0.6 is 0 Å². The average Bonchev–Trinajstić information content (AvgIpc) is 2.77. The molecule has 0 radical (unpaired) electrons. The number of nitrogens with two attached hydrogens (primary N) is 1. The molecule has 1 amide bonds. The van der Waals surface area contributed by atoms with Gasteiger partial charge < -0.3 is 16.2 Å². The van der Waals surface area contributed by atoms with E-state index in [0.717, 1.165) is 25.7 Å². The predicted octanol–water partition coefficient (Wildman–Crippen LogP) is 2.49. The van der Waals surface area contributed by atoms with Gasteiger partial charge in [0.2, 0.25) is 5.91 Å². The van der Waals surface area contributed by atoms with Crippen LogP contribution in [-0.4, -0.2) is 17.0 Å². The summed E-state index contributed by atoms with van der Waals surface area (Å²) in [5.41, 5.74) is 6.00. The molecule has 2 rings (SSSR count). The Kier molecular flexibility index (Phi) is 3.46. The molecule has 5 heteroatoms. The van der Waals surface area contributed by atoms with Crippen LogP contribution in [0.25, 0.3) is 0 Å². The van der Waals surface area contributed by atoms with Crippen molar-refractivity contribution >= 4 is 23.3 Å². The number of carboxylic acid groups (broad SMARTS) is 1. The summed E-state index contributed by atoms with van der Waals surface area (Å²) in [5.74, 6) is -1.20. The molecular weight excluding hydrogens is 244 g/mol. The minimum Gasteiger partial charge on any atom is -0.478 e. The number of hydrogen-bond donors (Lipinski definition) is 3. The van der Waals surface area contributed by atoms with Crippen molar-refractivity contribution in [3.05, 3.63) is 23.8 Å². The summed E-state index contributed by atoms with van der Waals surface area (Å²) >= 11 is 0. The van der Waals surface area contributed by atoms with E-state index >= 15 is 0 Å². The van der Waals surface area contributed by atoms with Gasteiger partial charge in [-0.3, -0.25) is 4.79 Å². The van der Waals surface area contributed by atoms with E-state index < -0.39 is 11.4 Å². The van der Waals surface area contributed by atoms with Crippen molar-refractivity contribution in [3.63, 3.8) is 0 Å². The van der Waals surface area contributed by atoms with Gasteiger partial charge >= 0.3 is 5.97 Å². The molecule has 1 aromatic carbocycles. The van der Waals surface area contributed by atoms with Crippen LogP contribution in [0, 0.1) is 5.41 Å². The summed E-state index contributed by atoms with van der Waals surface area (Å²) in [6, 6.07) is 4.40. The van der Waals surface area contributed by atoms with Crippen LogP contribution in [0.1, 0.15) is 43.0 Å². The van der Waals surface area contributed by atoms with E-state index in [4.69, 9.17) is 10.8 Å². The molecule has 0 unspecified atom stereocenters. The molecule has 0 aliphatic heterocycles. The number of nitrogen functional groups attached to an aromatic ring is 1. The summed E-state index contributed by atoms with van der Waals surface area (Å²) < 4.78 is 0. The zero-order chi connectivity index (χ0) is 14.0. The molecule has 5 nitrogen and oxygen atoms in total. The van der Waals surface area contributed by atoms with Crippen LogP contribution in [0.4, 0.5) is 11.4 Å². The maximum atomic E-state index is 12.3. The Labute approximate surface area is 111 Å². The molecule has 0 heterocycles.